The number of alkyl halides is 6. The number of allylic oxidation sites excluding steroid dienone is 2. The maximum atomic E-state index is 13.6. The number of aromatic nitrogens is 4. The van der Waals surface area contributed by atoms with Crippen LogP contribution in [0, 0.1) is 27.7 Å². The maximum Gasteiger partial charge on any atom is 0.434 e. The Kier molecular flexibility index (Phi) is 19.9. The molecule has 4 atom stereocenters. The molecule has 2 unspecified atom stereocenters. The minimum Gasteiger partial charge on any atom is -0.488 e. The lowest BCUT2D eigenvalue weighted by molar-refractivity contribution is -0.141. The molecule has 14 nitrogen and oxygen atoms in total. The minimum atomic E-state index is -4.58. The second-order valence-corrected chi connectivity index (χ2v) is 23.3. The minimum absolute atomic E-state index is 0.0268. The van der Waals surface area contributed by atoms with Gasteiger partial charge in [-0.05, 0) is 121 Å². The fourth-order valence-corrected chi connectivity index (χ4v) is 11.0. The van der Waals surface area contributed by atoms with Gasteiger partial charge in [0.1, 0.15) is 56.8 Å². The van der Waals surface area contributed by atoms with E-state index in [0.717, 1.165) is 99.6 Å². The highest BCUT2D eigenvalue weighted by Gasteiger charge is 2.44. The van der Waals surface area contributed by atoms with Gasteiger partial charge in [-0.15, -0.1) is 35.8 Å². The van der Waals surface area contributed by atoms with Crippen molar-refractivity contribution in [3.63, 3.8) is 0 Å². The summed E-state index contributed by atoms with van der Waals surface area (Å²) in [6.45, 7) is 22.2. The zero-order valence-electron chi connectivity index (χ0n) is 47.1. The van der Waals surface area contributed by atoms with E-state index in [-0.39, 0.29) is 52.6 Å². The number of carbonyl (C=O) groups is 3. The van der Waals surface area contributed by atoms with Gasteiger partial charge in [-0.1, -0.05) is 24.3 Å². The van der Waals surface area contributed by atoms with Crippen LogP contribution in [0.3, 0.4) is 0 Å². The zero-order valence-corrected chi connectivity index (χ0v) is 48.8. The fraction of sp³-hybridized carbons (Fsp3) is 0.475. The van der Waals surface area contributed by atoms with Crippen molar-refractivity contribution in [3.8, 4) is 32.9 Å². The van der Waals surface area contributed by atoms with Crippen molar-refractivity contribution in [2.45, 2.75) is 142 Å². The van der Waals surface area contributed by atoms with Gasteiger partial charge in [0.05, 0.1) is 23.6 Å². The molecule has 2 fully saturated rings. The number of nitrogens with zero attached hydrogens (tertiary/aromatic N) is 7. The molecule has 0 spiro atoms. The van der Waals surface area contributed by atoms with E-state index in [2.05, 4.69) is 38.4 Å². The van der Waals surface area contributed by atoms with Gasteiger partial charge in [-0.2, -0.15) is 26.3 Å². The number of halogens is 6. The highest BCUT2D eigenvalue weighted by molar-refractivity contribution is 7.13. The van der Waals surface area contributed by atoms with Crippen LogP contribution in [0.25, 0.3) is 43.2 Å². The van der Waals surface area contributed by atoms with Gasteiger partial charge in [0.15, 0.2) is 11.4 Å². The molecule has 8 rings (SSSR count). The third-order valence-corrected chi connectivity index (χ3v) is 15.9. The number of nitrogens with one attached hydrogen (secondary N) is 1. The number of likely N-dealkylation sites (tertiary alicyclic amines) is 1. The van der Waals surface area contributed by atoms with Crippen LogP contribution in [-0.4, -0.2) is 123 Å². The molecule has 4 aromatic heterocycles. The van der Waals surface area contributed by atoms with Gasteiger partial charge < -0.3 is 29.3 Å². The molecule has 2 aliphatic rings. The fourth-order valence-electron chi connectivity index (χ4n) is 9.45. The SMILES string of the molecule is C=CCCCCN(C)C(=O)[C@@H]1CC(Oc2cc(-c3nc(C(F)(F)F)cs3)nc3c(C)c(C)ccc23)CN1.C=CCCCCN(C)C(=O)[C@H]1CC(Oc2cc(-c3nc(C(F)(F)F)cs3)nc3c(C)c(C)ccc23)CN1C(=O)OC(C)(C)C. The van der Waals surface area contributed by atoms with Crippen molar-refractivity contribution in [2.75, 3.05) is 40.3 Å². The summed E-state index contributed by atoms with van der Waals surface area (Å²) in [5.41, 5.74) is 2.88. The number of rotatable bonds is 18. The highest BCUT2D eigenvalue weighted by atomic mass is 32.1. The molecule has 81 heavy (non-hydrogen) atoms. The van der Waals surface area contributed by atoms with E-state index in [1.807, 2.05) is 71.2 Å². The number of aryl methyl sites for hydroxylation is 4. The number of unbranched alkanes of at least 4 members (excludes halogenated alkanes) is 4. The van der Waals surface area contributed by atoms with Gasteiger partial charge in [-0.3, -0.25) is 14.5 Å². The molecular formula is C59H70F6N8O6S2. The molecule has 0 bridgehead atoms. The Labute approximate surface area is 476 Å². The molecule has 0 saturated carbocycles. The van der Waals surface area contributed by atoms with Crippen molar-refractivity contribution in [1.82, 2.24) is 40.0 Å². The third kappa shape index (κ3) is 15.5. The van der Waals surface area contributed by atoms with Crippen LogP contribution in [0.1, 0.15) is 106 Å². The largest absolute Gasteiger partial charge is 0.488 e. The summed E-state index contributed by atoms with van der Waals surface area (Å²) < 4.78 is 97.9. The number of carbonyl (C=O) groups excluding carboxylic acids is 3. The smallest absolute Gasteiger partial charge is 0.434 e. The lowest BCUT2D eigenvalue weighted by Gasteiger charge is -2.30. The predicted octanol–water partition coefficient (Wildman–Crippen LogP) is 13.5. The van der Waals surface area contributed by atoms with E-state index in [1.54, 1.807) is 49.8 Å². The lowest BCUT2D eigenvalue weighted by Crippen LogP contribution is -2.48. The van der Waals surface area contributed by atoms with Crippen LogP contribution in [0.2, 0.25) is 0 Å². The van der Waals surface area contributed by atoms with E-state index in [0.29, 0.717) is 59.7 Å². The van der Waals surface area contributed by atoms with Crippen molar-refractivity contribution < 1.29 is 54.9 Å². The molecule has 6 heterocycles. The Balaban J connectivity index is 0.000000237. The van der Waals surface area contributed by atoms with Crippen LogP contribution in [-0.2, 0) is 26.7 Å². The molecule has 0 aliphatic carbocycles. The Morgan fingerprint density at radius 1 is 0.691 bits per heavy atom. The topological polar surface area (TPSA) is 152 Å². The predicted molar refractivity (Wildman–Crippen MR) is 305 cm³/mol. The molecule has 22 heteroatoms. The molecule has 3 amide bonds. The van der Waals surface area contributed by atoms with Gasteiger partial charge >= 0.3 is 18.4 Å². The Morgan fingerprint density at radius 2 is 1.16 bits per heavy atom. The van der Waals surface area contributed by atoms with Crippen molar-refractivity contribution in [1.29, 1.82) is 0 Å². The first-order valence-electron chi connectivity index (χ1n) is 26.8. The second-order valence-electron chi connectivity index (χ2n) is 21.5. The monoisotopic (exact) mass is 1160 g/mol. The maximum absolute atomic E-state index is 13.6. The van der Waals surface area contributed by atoms with Crippen molar-refractivity contribution in [2.24, 2.45) is 0 Å². The molecule has 436 valence electrons. The van der Waals surface area contributed by atoms with Crippen LogP contribution >= 0.6 is 22.7 Å². The average molecular weight is 1170 g/mol. The molecule has 1 N–H and O–H groups in total. The van der Waals surface area contributed by atoms with Gasteiger partial charge in [0.25, 0.3) is 0 Å². The second kappa shape index (κ2) is 26.1. The first-order valence-corrected chi connectivity index (χ1v) is 28.6. The lowest BCUT2D eigenvalue weighted by atomic mass is 10.0. The van der Waals surface area contributed by atoms with Crippen molar-refractivity contribution in [3.05, 3.63) is 106 Å². The van der Waals surface area contributed by atoms with Gasteiger partial charge in [-0.25, -0.2) is 24.7 Å². The van der Waals surface area contributed by atoms with Crippen LogP contribution in [0.15, 0.2) is 72.5 Å². The molecule has 2 aromatic carbocycles. The number of ether oxygens (including phenoxy) is 3. The summed E-state index contributed by atoms with van der Waals surface area (Å²) in [7, 11) is 3.53. The van der Waals surface area contributed by atoms with E-state index in [4.69, 9.17) is 14.2 Å². The van der Waals surface area contributed by atoms with E-state index >= 15 is 0 Å². The Bertz CT molecular complexity index is 3250. The summed E-state index contributed by atoms with van der Waals surface area (Å²) in [5.74, 6) is 0.718. The number of thiazole rings is 2. The summed E-state index contributed by atoms with van der Waals surface area (Å²) in [4.78, 5) is 61.5. The Morgan fingerprint density at radius 3 is 1.60 bits per heavy atom. The zero-order chi connectivity index (χ0) is 59.1. The quantitative estimate of drug-likeness (QED) is 0.0497. The third-order valence-electron chi connectivity index (χ3n) is 14.2. The summed E-state index contributed by atoms with van der Waals surface area (Å²) in [6, 6.07) is 9.74. The molecular weight excluding hydrogens is 1090 g/mol. The number of hydrogen-bond donors (Lipinski definition) is 1. The van der Waals surface area contributed by atoms with Crippen molar-refractivity contribution >= 4 is 62.4 Å². The molecule has 0 radical (unpaired) electrons. The van der Waals surface area contributed by atoms with E-state index in [1.165, 1.54) is 4.90 Å². The number of likely N-dealkylation sites (N-methyl/N-ethyl adjacent to an activating group) is 2. The summed E-state index contributed by atoms with van der Waals surface area (Å²) in [5, 5.41) is 6.95. The van der Waals surface area contributed by atoms with Gasteiger partial charge in [0, 0.05) is 80.2 Å². The van der Waals surface area contributed by atoms with E-state index in [9.17, 15) is 40.7 Å². The van der Waals surface area contributed by atoms with Crippen LogP contribution in [0.5, 0.6) is 11.5 Å². The summed E-state index contributed by atoms with van der Waals surface area (Å²) in [6.07, 6.45) is -0.766. The first kappa shape index (κ1) is 62.0. The first-order chi connectivity index (χ1) is 38.2. The average Bonchev–Trinajstić information content (AvgIpc) is 4.28. The normalized spacial score (nSPS) is 17.4. The molecule has 6 aromatic rings. The van der Waals surface area contributed by atoms with E-state index < -0.39 is 47.6 Å². The standard InChI is InChI=1S/C32H39F3N4O4S.C27H31F3N4O2S/c1-8-9-10-11-14-38(7)29(40)24-15-21(17-39(24)30(41)43-31(4,5)6)42-25-16-23(28-37-26(18-44-28)32(33,34)35)36-27-20(3)19(2)12-13-22(25)27;1-5-6-7-8-11-34(4)26(35)21-12-18(14-31-21)36-22-13-20(25-33-23(15-37-25)27(28,29)30)32-24-17(3)16(2)9-10-19(22)24/h8,12-13,16,18,21,24H,1,9-11,14-15,17H2,2-7H3;5,9-10,13,15,18,21,31H,1,6-8,11-12,14H2,2-4H3/t21?,24-;18?,21-/m10/s1. The van der Waals surface area contributed by atoms with Gasteiger partial charge in [0.2, 0.25) is 11.8 Å². The molecule has 2 saturated heterocycles. The highest BCUT2D eigenvalue weighted by Crippen LogP contribution is 2.40. The number of fused-ring (bicyclic) bond motifs is 2. The number of amides is 3. The number of pyridine rings is 2. The van der Waals surface area contributed by atoms with Crippen LogP contribution < -0.4 is 14.8 Å². The van der Waals surface area contributed by atoms with Crippen LogP contribution in [0.4, 0.5) is 31.1 Å². The summed E-state index contributed by atoms with van der Waals surface area (Å²) >= 11 is 1.75. The molecule has 2 aliphatic heterocycles. The number of hydrogen-bond acceptors (Lipinski definition) is 13. The number of benzene rings is 2. The Hall–Kier alpha value is -6.65.